The maximum Gasteiger partial charge on any atom is 0.339 e. The molecule has 0 radical (unpaired) electrons. The summed E-state index contributed by atoms with van der Waals surface area (Å²) in [6.45, 7) is 0.0366. The van der Waals surface area contributed by atoms with E-state index in [1.807, 2.05) is 5.38 Å². The summed E-state index contributed by atoms with van der Waals surface area (Å²) in [6, 6.07) is 13.0. The number of hydrogen-bond donors (Lipinski definition) is 1. The molecule has 0 saturated heterocycles. The van der Waals surface area contributed by atoms with Crippen LogP contribution < -0.4 is 4.18 Å². The van der Waals surface area contributed by atoms with Gasteiger partial charge >= 0.3 is 10.1 Å². The fourth-order valence-electron chi connectivity index (χ4n) is 2.06. The van der Waals surface area contributed by atoms with Crippen LogP contribution in [0.5, 0.6) is 5.75 Å². The normalized spacial score (nSPS) is 11.7. The molecule has 1 heterocycles. The Morgan fingerprint density at radius 2 is 1.86 bits per heavy atom. The van der Waals surface area contributed by atoms with Crippen molar-refractivity contribution in [2.75, 3.05) is 0 Å². The monoisotopic (exact) mass is 336 g/mol. The molecule has 0 aliphatic rings. The second-order valence-corrected chi connectivity index (χ2v) is 7.00. The van der Waals surface area contributed by atoms with Gasteiger partial charge < -0.3 is 4.18 Å². The highest BCUT2D eigenvalue weighted by Gasteiger charge is 2.16. The van der Waals surface area contributed by atoms with Crippen LogP contribution in [-0.2, 0) is 21.6 Å². The van der Waals surface area contributed by atoms with E-state index >= 15 is 0 Å². The third-order valence-corrected chi connectivity index (χ3v) is 5.36. The minimum atomic E-state index is -3.87. The van der Waals surface area contributed by atoms with Gasteiger partial charge in [-0.25, -0.2) is 4.89 Å². The van der Waals surface area contributed by atoms with Gasteiger partial charge in [0.25, 0.3) is 0 Å². The molecule has 2 aromatic carbocycles. The molecule has 0 amide bonds. The summed E-state index contributed by atoms with van der Waals surface area (Å²) in [5.74, 6) is 0.217. The number of benzene rings is 2. The first-order chi connectivity index (χ1) is 10.6. The predicted molar refractivity (Wildman–Crippen MR) is 83.5 cm³/mol. The van der Waals surface area contributed by atoms with Gasteiger partial charge in [0, 0.05) is 10.1 Å². The van der Waals surface area contributed by atoms with Crippen LogP contribution in [0.1, 0.15) is 5.56 Å². The molecule has 1 N–H and O–H groups in total. The molecular formula is C15H12O5S2. The van der Waals surface area contributed by atoms with Crippen LogP contribution in [0.4, 0.5) is 0 Å². The zero-order valence-electron chi connectivity index (χ0n) is 11.3. The summed E-state index contributed by atoms with van der Waals surface area (Å²) in [7, 11) is -3.87. The molecule has 0 unspecified atom stereocenters. The first-order valence-corrected chi connectivity index (χ1v) is 8.65. The van der Waals surface area contributed by atoms with Gasteiger partial charge in [-0.1, -0.05) is 18.2 Å². The van der Waals surface area contributed by atoms with Crippen LogP contribution in [0.15, 0.2) is 58.8 Å². The quantitative estimate of drug-likeness (QED) is 0.437. The molecule has 7 heteroatoms. The smallest absolute Gasteiger partial charge is 0.339 e. The minimum absolute atomic E-state index is 0.0366. The van der Waals surface area contributed by atoms with Gasteiger partial charge in [-0.15, -0.1) is 11.3 Å². The van der Waals surface area contributed by atoms with Crippen molar-refractivity contribution < 1.29 is 22.7 Å². The van der Waals surface area contributed by atoms with E-state index in [1.165, 1.54) is 23.5 Å². The summed E-state index contributed by atoms with van der Waals surface area (Å²) in [5, 5.41) is 11.2. The van der Waals surface area contributed by atoms with Crippen LogP contribution in [0.3, 0.4) is 0 Å². The van der Waals surface area contributed by atoms with Gasteiger partial charge in [-0.05, 0) is 41.3 Å². The number of hydrogen-bond acceptors (Lipinski definition) is 6. The molecule has 0 spiro atoms. The Labute approximate surface area is 131 Å². The fraction of sp³-hybridized carbons (Fsp3) is 0.0667. The lowest BCUT2D eigenvalue weighted by molar-refractivity contribution is -0.252. The van der Waals surface area contributed by atoms with Gasteiger partial charge in [0.05, 0.1) is 0 Å². The molecule has 0 atom stereocenters. The summed E-state index contributed by atoms with van der Waals surface area (Å²) in [5.41, 5.74) is 0.769. The molecule has 0 aliphatic heterocycles. The van der Waals surface area contributed by atoms with Crippen molar-refractivity contribution in [1.29, 1.82) is 0 Å². The lowest BCUT2D eigenvalue weighted by Crippen LogP contribution is -2.09. The van der Waals surface area contributed by atoms with E-state index in [0.29, 0.717) is 0 Å². The van der Waals surface area contributed by atoms with E-state index in [-0.39, 0.29) is 17.3 Å². The molecule has 0 aliphatic carbocycles. The molecule has 1 aromatic heterocycles. The van der Waals surface area contributed by atoms with Gasteiger partial charge in [0.1, 0.15) is 17.3 Å². The molecule has 0 saturated carbocycles. The van der Waals surface area contributed by atoms with Crippen molar-refractivity contribution in [2.24, 2.45) is 0 Å². The second kappa shape index (κ2) is 6.05. The molecule has 0 fully saturated rings. The molecule has 22 heavy (non-hydrogen) atoms. The average molecular weight is 336 g/mol. The second-order valence-electron chi connectivity index (χ2n) is 4.54. The van der Waals surface area contributed by atoms with E-state index in [0.717, 1.165) is 15.6 Å². The zero-order chi connectivity index (χ0) is 15.6. The summed E-state index contributed by atoms with van der Waals surface area (Å²) in [6.07, 6.45) is 0. The maximum absolute atomic E-state index is 12.2. The standard InChI is InChI=1S/C15H12O5S2/c16-19-9-11-10-21-15-7-6-12(8-14(11)15)20-22(17,18)13-4-2-1-3-5-13/h1-8,10,16H,9H2. The van der Waals surface area contributed by atoms with Crippen LogP contribution in [0, 0.1) is 0 Å². The SMILES string of the molecule is O=S(=O)(Oc1ccc2scc(COO)c2c1)c1ccccc1. The van der Waals surface area contributed by atoms with E-state index in [4.69, 9.17) is 9.44 Å². The Kier molecular flexibility index (Phi) is 4.12. The Bertz CT molecular complexity index is 885. The molecular weight excluding hydrogens is 324 g/mol. The largest absolute Gasteiger partial charge is 0.379 e. The van der Waals surface area contributed by atoms with Crippen molar-refractivity contribution in [3.05, 3.63) is 59.5 Å². The lowest BCUT2D eigenvalue weighted by atomic mass is 10.2. The first-order valence-electron chi connectivity index (χ1n) is 6.36. The number of fused-ring (bicyclic) bond motifs is 1. The van der Waals surface area contributed by atoms with Crippen LogP contribution in [0.25, 0.3) is 10.1 Å². The van der Waals surface area contributed by atoms with Gasteiger partial charge in [0.2, 0.25) is 0 Å². The van der Waals surface area contributed by atoms with Crippen molar-refractivity contribution >= 4 is 31.5 Å². The molecule has 114 valence electrons. The average Bonchev–Trinajstić information content (AvgIpc) is 2.91. The molecule has 0 bridgehead atoms. The molecule has 3 rings (SSSR count). The van der Waals surface area contributed by atoms with Crippen molar-refractivity contribution in [2.45, 2.75) is 11.5 Å². The number of rotatable bonds is 5. The van der Waals surface area contributed by atoms with E-state index < -0.39 is 10.1 Å². The highest BCUT2D eigenvalue weighted by atomic mass is 32.2. The van der Waals surface area contributed by atoms with Crippen molar-refractivity contribution in [1.82, 2.24) is 0 Å². The van der Waals surface area contributed by atoms with E-state index in [9.17, 15) is 8.42 Å². The van der Waals surface area contributed by atoms with Crippen LogP contribution in [-0.4, -0.2) is 13.7 Å². The van der Waals surface area contributed by atoms with Gasteiger partial charge in [-0.3, -0.25) is 5.26 Å². The Hall–Kier alpha value is -1.93. The third kappa shape index (κ3) is 2.97. The van der Waals surface area contributed by atoms with Crippen molar-refractivity contribution in [3.63, 3.8) is 0 Å². The summed E-state index contributed by atoms with van der Waals surface area (Å²) >= 11 is 1.48. The highest BCUT2D eigenvalue weighted by Crippen LogP contribution is 2.31. The zero-order valence-corrected chi connectivity index (χ0v) is 12.9. The predicted octanol–water partition coefficient (Wildman–Crippen LogP) is 3.66. The van der Waals surface area contributed by atoms with Crippen molar-refractivity contribution in [3.8, 4) is 5.75 Å². The Balaban J connectivity index is 1.95. The van der Waals surface area contributed by atoms with E-state index in [1.54, 1.807) is 36.4 Å². The summed E-state index contributed by atoms with van der Waals surface area (Å²) in [4.78, 5) is 4.25. The number of thiophene rings is 1. The Morgan fingerprint density at radius 3 is 2.59 bits per heavy atom. The van der Waals surface area contributed by atoms with Gasteiger partial charge in [-0.2, -0.15) is 8.42 Å². The maximum atomic E-state index is 12.2. The lowest BCUT2D eigenvalue weighted by Gasteiger charge is -2.07. The Morgan fingerprint density at radius 1 is 1.09 bits per heavy atom. The first kappa shape index (κ1) is 15.0. The minimum Gasteiger partial charge on any atom is -0.379 e. The van der Waals surface area contributed by atoms with Crippen LogP contribution >= 0.6 is 11.3 Å². The fourth-order valence-corrected chi connectivity index (χ4v) is 3.93. The van der Waals surface area contributed by atoms with Gasteiger partial charge in [0.15, 0.2) is 0 Å². The van der Waals surface area contributed by atoms with E-state index in [2.05, 4.69) is 4.89 Å². The topological polar surface area (TPSA) is 72.8 Å². The summed E-state index contributed by atoms with van der Waals surface area (Å²) < 4.78 is 30.5. The highest BCUT2D eigenvalue weighted by molar-refractivity contribution is 7.87. The molecule has 5 nitrogen and oxygen atoms in total. The molecule has 3 aromatic rings. The van der Waals surface area contributed by atoms with Crippen LogP contribution in [0.2, 0.25) is 0 Å². The third-order valence-electron chi connectivity index (χ3n) is 3.08.